The van der Waals surface area contributed by atoms with Gasteiger partial charge in [-0.25, -0.2) is 8.78 Å². The quantitative estimate of drug-likeness (QED) is 0.891. The second kappa shape index (κ2) is 6.76. The van der Waals surface area contributed by atoms with Crippen LogP contribution < -0.4 is 5.32 Å². The molecule has 2 rings (SSSR count). The molecule has 0 radical (unpaired) electrons. The molecule has 0 aliphatic rings. The Kier molecular flexibility index (Phi) is 5.01. The molecule has 4 nitrogen and oxygen atoms in total. The van der Waals surface area contributed by atoms with Crippen LogP contribution >= 0.6 is 0 Å². The van der Waals surface area contributed by atoms with Gasteiger partial charge < -0.3 is 9.88 Å². The van der Waals surface area contributed by atoms with Crippen molar-refractivity contribution in [3.63, 3.8) is 0 Å². The Balaban J connectivity index is 2.12. The largest absolute Gasteiger partial charge is 0.317 e. The molecular weight excluding hydrogens is 274 g/mol. The fraction of sp³-hybridized carbons (Fsp3) is 0.467. The number of benzene rings is 1. The molecule has 0 aliphatic carbocycles. The van der Waals surface area contributed by atoms with Crippen molar-refractivity contribution in [1.29, 1.82) is 0 Å². The summed E-state index contributed by atoms with van der Waals surface area (Å²) in [6, 6.07) is 3.27. The van der Waals surface area contributed by atoms with Crippen LogP contribution in [-0.4, -0.2) is 14.8 Å². The third-order valence-corrected chi connectivity index (χ3v) is 3.62. The van der Waals surface area contributed by atoms with Crippen molar-refractivity contribution in [2.45, 2.75) is 39.3 Å². The molecule has 0 saturated heterocycles. The first-order valence-corrected chi connectivity index (χ1v) is 7.12. The highest BCUT2D eigenvalue weighted by molar-refractivity contribution is 5.22. The minimum atomic E-state index is -0.432. The van der Waals surface area contributed by atoms with Gasteiger partial charge in [-0.2, -0.15) is 0 Å². The molecule has 1 N–H and O–H groups in total. The highest BCUT2D eigenvalue weighted by Crippen LogP contribution is 2.21. The first-order chi connectivity index (χ1) is 10.1. The van der Waals surface area contributed by atoms with Crippen LogP contribution in [0.15, 0.2) is 18.2 Å². The fourth-order valence-corrected chi connectivity index (χ4v) is 2.33. The summed E-state index contributed by atoms with van der Waals surface area (Å²) in [6.45, 7) is 4.40. The summed E-state index contributed by atoms with van der Waals surface area (Å²) in [6.07, 6.45) is 1.46. The van der Waals surface area contributed by atoms with Crippen LogP contribution in [-0.2, 0) is 20.0 Å². The van der Waals surface area contributed by atoms with Crippen LogP contribution in [0.25, 0.3) is 0 Å². The number of rotatable bonds is 6. The third-order valence-electron chi connectivity index (χ3n) is 3.62. The zero-order chi connectivity index (χ0) is 15.4. The molecule has 0 amide bonds. The van der Waals surface area contributed by atoms with Crippen molar-refractivity contribution in [1.82, 2.24) is 20.1 Å². The van der Waals surface area contributed by atoms with Gasteiger partial charge in [0, 0.05) is 25.1 Å². The summed E-state index contributed by atoms with van der Waals surface area (Å²) in [5.74, 6) is 0.848. The highest BCUT2D eigenvalue weighted by atomic mass is 19.1. The lowest BCUT2D eigenvalue weighted by molar-refractivity contribution is 0.470. The van der Waals surface area contributed by atoms with Gasteiger partial charge in [-0.15, -0.1) is 10.2 Å². The topological polar surface area (TPSA) is 42.7 Å². The highest BCUT2D eigenvalue weighted by Gasteiger charge is 2.16. The van der Waals surface area contributed by atoms with Crippen molar-refractivity contribution in [3.8, 4) is 0 Å². The first-order valence-electron chi connectivity index (χ1n) is 7.12. The van der Waals surface area contributed by atoms with Crippen LogP contribution in [0.2, 0.25) is 0 Å². The van der Waals surface area contributed by atoms with E-state index in [1.54, 1.807) is 0 Å². The van der Waals surface area contributed by atoms with Gasteiger partial charge in [-0.3, -0.25) is 0 Å². The van der Waals surface area contributed by atoms with E-state index in [1.165, 1.54) is 6.07 Å². The molecule has 21 heavy (non-hydrogen) atoms. The summed E-state index contributed by atoms with van der Waals surface area (Å²) in [5.41, 5.74) is 0.343. The number of hydrogen-bond acceptors (Lipinski definition) is 3. The maximum Gasteiger partial charge on any atom is 0.146 e. The molecule has 0 spiro atoms. The number of halogens is 2. The Morgan fingerprint density at radius 1 is 1.19 bits per heavy atom. The first kappa shape index (κ1) is 15.6. The van der Waals surface area contributed by atoms with E-state index in [0.717, 1.165) is 30.2 Å². The molecule has 0 bridgehead atoms. The standard InChI is InChI=1S/C15H20F2N4/c1-4-13(11-8-10(16)6-7-12(11)17)18-9-15-20-19-14(5-2)21(15)3/h6-8,13,18H,4-5,9H2,1-3H3. The summed E-state index contributed by atoms with van der Waals surface area (Å²) in [4.78, 5) is 0. The van der Waals surface area contributed by atoms with E-state index >= 15 is 0 Å². The van der Waals surface area contributed by atoms with Gasteiger partial charge in [0.2, 0.25) is 0 Å². The zero-order valence-corrected chi connectivity index (χ0v) is 12.5. The Morgan fingerprint density at radius 3 is 2.52 bits per heavy atom. The molecule has 6 heteroatoms. The minimum Gasteiger partial charge on any atom is -0.317 e. The van der Waals surface area contributed by atoms with Crippen LogP contribution in [0.5, 0.6) is 0 Å². The van der Waals surface area contributed by atoms with Crippen molar-refractivity contribution >= 4 is 0 Å². The molecule has 0 aliphatic heterocycles. The van der Waals surface area contributed by atoms with Gasteiger partial charge in [-0.05, 0) is 24.6 Å². The molecule has 2 aromatic rings. The van der Waals surface area contributed by atoms with E-state index in [0.29, 0.717) is 18.5 Å². The zero-order valence-electron chi connectivity index (χ0n) is 12.5. The Labute approximate surface area is 123 Å². The lowest BCUT2D eigenvalue weighted by Crippen LogP contribution is -2.23. The van der Waals surface area contributed by atoms with Crippen LogP contribution in [0.3, 0.4) is 0 Å². The fourth-order valence-electron chi connectivity index (χ4n) is 2.33. The number of aryl methyl sites for hydroxylation is 1. The lowest BCUT2D eigenvalue weighted by atomic mass is 10.0. The second-order valence-corrected chi connectivity index (χ2v) is 4.95. The lowest BCUT2D eigenvalue weighted by Gasteiger charge is -2.18. The van der Waals surface area contributed by atoms with E-state index in [2.05, 4.69) is 15.5 Å². The predicted octanol–water partition coefficient (Wildman–Crippen LogP) is 2.90. The van der Waals surface area contributed by atoms with Gasteiger partial charge in [0.15, 0.2) is 0 Å². The summed E-state index contributed by atoms with van der Waals surface area (Å²) in [7, 11) is 1.90. The van der Waals surface area contributed by atoms with Gasteiger partial charge in [0.05, 0.1) is 6.54 Å². The molecule has 0 fully saturated rings. The van der Waals surface area contributed by atoms with Crippen LogP contribution in [0.4, 0.5) is 8.78 Å². The number of nitrogens with one attached hydrogen (secondary N) is 1. The molecule has 114 valence electrons. The van der Waals surface area contributed by atoms with E-state index < -0.39 is 11.6 Å². The van der Waals surface area contributed by atoms with Crippen molar-refractivity contribution < 1.29 is 8.78 Å². The predicted molar refractivity (Wildman–Crippen MR) is 76.6 cm³/mol. The molecular formula is C15H20F2N4. The molecule has 1 aromatic carbocycles. The smallest absolute Gasteiger partial charge is 0.146 e. The van der Waals surface area contributed by atoms with Gasteiger partial charge in [0.25, 0.3) is 0 Å². The molecule has 1 atom stereocenters. The minimum absolute atomic E-state index is 0.262. The van der Waals surface area contributed by atoms with Gasteiger partial charge >= 0.3 is 0 Å². The second-order valence-electron chi connectivity index (χ2n) is 4.95. The molecule has 1 unspecified atom stereocenters. The normalized spacial score (nSPS) is 12.6. The molecule has 1 heterocycles. The van der Waals surface area contributed by atoms with Crippen LogP contribution in [0, 0.1) is 11.6 Å². The van der Waals surface area contributed by atoms with Crippen molar-refractivity contribution in [2.24, 2.45) is 7.05 Å². The number of aromatic nitrogens is 3. The van der Waals surface area contributed by atoms with Crippen LogP contribution in [0.1, 0.15) is 43.5 Å². The molecule has 0 saturated carbocycles. The van der Waals surface area contributed by atoms with E-state index in [-0.39, 0.29) is 6.04 Å². The number of hydrogen-bond donors (Lipinski definition) is 1. The Morgan fingerprint density at radius 2 is 1.90 bits per heavy atom. The summed E-state index contributed by atoms with van der Waals surface area (Å²) >= 11 is 0. The summed E-state index contributed by atoms with van der Waals surface area (Å²) < 4.78 is 29.0. The maximum atomic E-state index is 13.8. The monoisotopic (exact) mass is 294 g/mol. The van der Waals surface area contributed by atoms with Gasteiger partial charge in [0.1, 0.15) is 23.3 Å². The SMILES string of the molecule is CCc1nnc(CNC(CC)c2cc(F)ccc2F)n1C. The third kappa shape index (κ3) is 3.44. The van der Waals surface area contributed by atoms with Gasteiger partial charge in [-0.1, -0.05) is 13.8 Å². The van der Waals surface area contributed by atoms with E-state index in [1.807, 2.05) is 25.5 Å². The van der Waals surface area contributed by atoms with Crippen molar-refractivity contribution in [2.75, 3.05) is 0 Å². The summed E-state index contributed by atoms with van der Waals surface area (Å²) in [5, 5.41) is 11.4. The maximum absolute atomic E-state index is 13.8. The average molecular weight is 294 g/mol. The van der Waals surface area contributed by atoms with Crippen molar-refractivity contribution in [3.05, 3.63) is 47.0 Å². The Hall–Kier alpha value is -1.82. The average Bonchev–Trinajstić information content (AvgIpc) is 2.83. The Bertz CT molecular complexity index is 610. The molecule has 1 aromatic heterocycles. The van der Waals surface area contributed by atoms with E-state index in [4.69, 9.17) is 0 Å². The van der Waals surface area contributed by atoms with E-state index in [9.17, 15) is 8.78 Å². The number of nitrogens with zero attached hydrogens (tertiary/aromatic N) is 3.